The molecular weight excluding hydrogens is 266 g/mol. The van der Waals surface area contributed by atoms with Crippen molar-refractivity contribution < 1.29 is 9.53 Å². The first kappa shape index (κ1) is 15.6. The number of pyridine rings is 1. The van der Waals surface area contributed by atoms with Gasteiger partial charge in [-0.15, -0.1) is 0 Å². The predicted octanol–water partition coefficient (Wildman–Crippen LogP) is 4.03. The van der Waals surface area contributed by atoms with Crippen LogP contribution in [0.1, 0.15) is 47.0 Å². The molecule has 0 aromatic carbocycles. The van der Waals surface area contributed by atoms with Crippen molar-refractivity contribution in [1.29, 1.82) is 0 Å². The fourth-order valence-electron chi connectivity index (χ4n) is 2.54. The molecule has 0 saturated heterocycles. The van der Waals surface area contributed by atoms with Gasteiger partial charge in [-0.25, -0.2) is 9.78 Å². The van der Waals surface area contributed by atoms with Gasteiger partial charge in [0.1, 0.15) is 11.4 Å². The van der Waals surface area contributed by atoms with Gasteiger partial charge >= 0.3 is 6.09 Å². The van der Waals surface area contributed by atoms with Gasteiger partial charge in [-0.3, -0.25) is 5.32 Å². The molecule has 0 bridgehead atoms. The molecule has 1 fully saturated rings. The molecule has 0 spiro atoms. The highest BCUT2D eigenvalue weighted by atomic mass is 16.6. The summed E-state index contributed by atoms with van der Waals surface area (Å²) in [6, 6.07) is 4.25. The van der Waals surface area contributed by atoms with Crippen LogP contribution in [0.2, 0.25) is 0 Å². The SMILES string of the molecule is CC1CCC(Nc2ccc(NC(=O)OC(C)(C)C)nc2)C1. The lowest BCUT2D eigenvalue weighted by molar-refractivity contribution is 0.0635. The molecule has 2 N–H and O–H groups in total. The highest BCUT2D eigenvalue weighted by Crippen LogP contribution is 2.27. The number of carbonyl (C=O) groups excluding carboxylic acids is 1. The van der Waals surface area contributed by atoms with Gasteiger partial charge in [0.2, 0.25) is 0 Å². The van der Waals surface area contributed by atoms with Crippen LogP contribution in [0.3, 0.4) is 0 Å². The first-order chi connectivity index (χ1) is 9.82. The Balaban J connectivity index is 1.85. The van der Waals surface area contributed by atoms with Crippen molar-refractivity contribution in [3.05, 3.63) is 18.3 Å². The molecule has 2 unspecified atom stereocenters. The first-order valence-electron chi connectivity index (χ1n) is 7.54. The lowest BCUT2D eigenvalue weighted by Gasteiger charge is -2.19. The molecule has 1 aromatic rings. The van der Waals surface area contributed by atoms with Crippen molar-refractivity contribution in [1.82, 2.24) is 4.98 Å². The zero-order valence-corrected chi connectivity index (χ0v) is 13.3. The molecule has 21 heavy (non-hydrogen) atoms. The van der Waals surface area contributed by atoms with Crippen LogP contribution in [0.25, 0.3) is 0 Å². The molecule has 1 saturated carbocycles. The molecule has 1 amide bonds. The summed E-state index contributed by atoms with van der Waals surface area (Å²) in [5.74, 6) is 1.29. The maximum atomic E-state index is 11.6. The standard InChI is InChI=1S/C16H25N3O2/c1-11-5-6-12(9-11)18-13-7-8-14(17-10-13)19-15(20)21-16(2,3)4/h7-8,10-12,18H,5-6,9H2,1-4H3,(H,17,19,20). The summed E-state index contributed by atoms with van der Waals surface area (Å²) >= 11 is 0. The molecule has 1 aliphatic carbocycles. The minimum absolute atomic E-state index is 0.486. The predicted molar refractivity (Wildman–Crippen MR) is 84.5 cm³/mol. The van der Waals surface area contributed by atoms with Crippen LogP contribution in [-0.2, 0) is 4.74 Å². The number of hydrogen-bond acceptors (Lipinski definition) is 4. The smallest absolute Gasteiger partial charge is 0.413 e. The Morgan fingerprint density at radius 1 is 1.33 bits per heavy atom. The van der Waals surface area contributed by atoms with E-state index in [0.717, 1.165) is 11.6 Å². The van der Waals surface area contributed by atoms with Crippen molar-refractivity contribution in [3.63, 3.8) is 0 Å². The zero-order valence-electron chi connectivity index (χ0n) is 13.3. The van der Waals surface area contributed by atoms with Gasteiger partial charge < -0.3 is 10.1 Å². The van der Waals surface area contributed by atoms with Gasteiger partial charge in [-0.05, 0) is 58.1 Å². The van der Waals surface area contributed by atoms with Gasteiger partial charge in [-0.1, -0.05) is 6.92 Å². The number of hydrogen-bond donors (Lipinski definition) is 2. The fourth-order valence-corrected chi connectivity index (χ4v) is 2.54. The van der Waals surface area contributed by atoms with Crippen LogP contribution in [-0.4, -0.2) is 22.7 Å². The van der Waals surface area contributed by atoms with Crippen LogP contribution >= 0.6 is 0 Å². The van der Waals surface area contributed by atoms with Crippen LogP contribution in [0.4, 0.5) is 16.3 Å². The van der Waals surface area contributed by atoms with E-state index in [2.05, 4.69) is 22.5 Å². The van der Waals surface area contributed by atoms with Crippen molar-refractivity contribution in [2.24, 2.45) is 5.92 Å². The molecule has 5 nitrogen and oxygen atoms in total. The third-order valence-electron chi connectivity index (χ3n) is 3.46. The van der Waals surface area contributed by atoms with Crippen LogP contribution in [0, 0.1) is 5.92 Å². The quantitative estimate of drug-likeness (QED) is 0.882. The third kappa shape index (κ3) is 5.25. The fraction of sp³-hybridized carbons (Fsp3) is 0.625. The van der Waals surface area contributed by atoms with E-state index in [9.17, 15) is 4.79 Å². The largest absolute Gasteiger partial charge is 0.444 e. The summed E-state index contributed by atoms with van der Waals surface area (Å²) in [6.07, 6.45) is 4.95. The van der Waals surface area contributed by atoms with E-state index >= 15 is 0 Å². The van der Waals surface area contributed by atoms with Gasteiger partial charge in [0.05, 0.1) is 11.9 Å². The molecule has 0 radical (unpaired) electrons. The Bertz CT molecular complexity index is 479. The molecule has 2 rings (SSSR count). The number of nitrogens with zero attached hydrogens (tertiary/aromatic N) is 1. The van der Waals surface area contributed by atoms with Gasteiger partial charge in [0.15, 0.2) is 0 Å². The molecule has 1 aromatic heterocycles. The number of aromatic nitrogens is 1. The minimum atomic E-state index is -0.509. The van der Waals surface area contributed by atoms with E-state index < -0.39 is 11.7 Å². The van der Waals surface area contributed by atoms with E-state index in [0.29, 0.717) is 11.9 Å². The number of carbonyl (C=O) groups is 1. The molecule has 1 heterocycles. The van der Waals surface area contributed by atoms with E-state index in [1.54, 1.807) is 12.3 Å². The maximum absolute atomic E-state index is 11.6. The summed E-state index contributed by atoms with van der Waals surface area (Å²) in [7, 11) is 0. The van der Waals surface area contributed by atoms with Crippen molar-refractivity contribution in [2.75, 3.05) is 10.6 Å². The summed E-state index contributed by atoms with van der Waals surface area (Å²) < 4.78 is 5.19. The number of amides is 1. The van der Waals surface area contributed by atoms with E-state index in [4.69, 9.17) is 4.74 Å². The second kappa shape index (κ2) is 6.33. The molecular formula is C16H25N3O2. The number of nitrogens with one attached hydrogen (secondary N) is 2. The van der Waals surface area contributed by atoms with Gasteiger partial charge in [0, 0.05) is 6.04 Å². The Morgan fingerprint density at radius 3 is 2.62 bits per heavy atom. The van der Waals surface area contributed by atoms with Crippen molar-refractivity contribution in [3.8, 4) is 0 Å². The normalized spacial score (nSPS) is 21.9. The Kier molecular flexibility index (Phi) is 4.70. The van der Waals surface area contributed by atoms with Crippen LogP contribution in [0.15, 0.2) is 18.3 Å². The van der Waals surface area contributed by atoms with Crippen LogP contribution in [0.5, 0.6) is 0 Å². The first-order valence-corrected chi connectivity index (χ1v) is 7.54. The van der Waals surface area contributed by atoms with Gasteiger partial charge in [0.25, 0.3) is 0 Å². The third-order valence-corrected chi connectivity index (χ3v) is 3.46. The summed E-state index contributed by atoms with van der Waals surface area (Å²) in [6.45, 7) is 7.77. The van der Waals surface area contributed by atoms with Gasteiger partial charge in [-0.2, -0.15) is 0 Å². The molecule has 1 aliphatic rings. The lowest BCUT2D eigenvalue weighted by Crippen LogP contribution is -2.27. The zero-order chi connectivity index (χ0) is 15.5. The number of ether oxygens (including phenoxy) is 1. The summed E-state index contributed by atoms with van der Waals surface area (Å²) in [4.78, 5) is 15.9. The molecule has 5 heteroatoms. The average Bonchev–Trinajstić information content (AvgIpc) is 2.75. The minimum Gasteiger partial charge on any atom is -0.444 e. The Labute approximate surface area is 126 Å². The summed E-state index contributed by atoms with van der Waals surface area (Å²) in [5, 5.41) is 6.11. The lowest BCUT2D eigenvalue weighted by atomic mass is 10.1. The Morgan fingerprint density at radius 2 is 2.10 bits per heavy atom. The average molecular weight is 291 g/mol. The highest BCUT2D eigenvalue weighted by molar-refractivity contribution is 5.83. The monoisotopic (exact) mass is 291 g/mol. The highest BCUT2D eigenvalue weighted by Gasteiger charge is 2.21. The van der Waals surface area contributed by atoms with Crippen molar-refractivity contribution in [2.45, 2.75) is 58.6 Å². The molecule has 116 valence electrons. The molecule has 2 atom stereocenters. The Hall–Kier alpha value is -1.78. The summed E-state index contributed by atoms with van der Waals surface area (Å²) in [5.41, 5.74) is 0.480. The van der Waals surface area contributed by atoms with Crippen LogP contribution < -0.4 is 10.6 Å². The van der Waals surface area contributed by atoms with E-state index in [1.165, 1.54) is 19.3 Å². The number of rotatable bonds is 3. The topological polar surface area (TPSA) is 63.2 Å². The van der Waals surface area contributed by atoms with Crippen molar-refractivity contribution >= 4 is 17.6 Å². The molecule has 0 aliphatic heterocycles. The maximum Gasteiger partial charge on any atom is 0.413 e. The second-order valence-corrected chi connectivity index (χ2v) is 6.82. The second-order valence-electron chi connectivity index (χ2n) is 6.82. The van der Waals surface area contributed by atoms with E-state index in [-0.39, 0.29) is 0 Å². The van der Waals surface area contributed by atoms with E-state index in [1.807, 2.05) is 26.8 Å². The number of anilines is 2.